The van der Waals surface area contributed by atoms with Gasteiger partial charge in [-0.25, -0.2) is 9.78 Å². The third-order valence-electron chi connectivity index (χ3n) is 5.34. The van der Waals surface area contributed by atoms with Crippen LogP contribution in [0.15, 0.2) is 47.8 Å². The van der Waals surface area contributed by atoms with Crippen LogP contribution >= 0.6 is 11.3 Å². The molecule has 0 bridgehead atoms. The molecule has 0 spiro atoms. The summed E-state index contributed by atoms with van der Waals surface area (Å²) in [6.07, 6.45) is 0.167. The predicted molar refractivity (Wildman–Crippen MR) is 120 cm³/mol. The molecule has 152 valence electrons. The summed E-state index contributed by atoms with van der Waals surface area (Å²) in [5, 5.41) is 10.5. The molecular formula is C22H21N5O2S. The number of aromatic nitrogens is 2. The lowest BCUT2D eigenvalue weighted by atomic mass is 10.1. The van der Waals surface area contributed by atoms with Crippen LogP contribution in [0.25, 0.3) is 21.8 Å². The van der Waals surface area contributed by atoms with Crippen LogP contribution in [0.2, 0.25) is 0 Å². The number of benzene rings is 2. The first-order valence-electron chi connectivity index (χ1n) is 9.94. The second-order valence-electron chi connectivity index (χ2n) is 7.22. The van der Waals surface area contributed by atoms with Gasteiger partial charge in [-0.1, -0.05) is 18.2 Å². The lowest BCUT2D eigenvalue weighted by molar-refractivity contribution is -0.115. The van der Waals surface area contributed by atoms with Crippen LogP contribution in [0.3, 0.4) is 0 Å². The number of carbonyl (C=O) groups excluding carboxylic acids is 2. The minimum Gasteiger partial charge on any atom is -0.341 e. The molecule has 2 aromatic heterocycles. The Morgan fingerprint density at radius 3 is 2.83 bits per heavy atom. The Morgan fingerprint density at radius 1 is 1.20 bits per heavy atom. The Kier molecular flexibility index (Phi) is 4.63. The van der Waals surface area contributed by atoms with Crippen LogP contribution in [0.5, 0.6) is 0 Å². The third kappa shape index (κ3) is 3.19. The van der Waals surface area contributed by atoms with E-state index in [1.807, 2.05) is 29.6 Å². The average Bonchev–Trinajstić information content (AvgIpc) is 3.45. The molecule has 1 fully saturated rings. The number of rotatable bonds is 5. The Labute approximate surface area is 177 Å². The SMILES string of the molecule is CCn1c2ccccc2c2cc(NC(=O)Cc3csc(N4CCNC4=O)n3)ccc21. The molecule has 2 aromatic carbocycles. The standard InChI is InChI=1S/C22H21N5O2S/c1-2-26-18-6-4-3-5-16(18)17-11-14(7-8-19(17)26)24-20(28)12-15-13-30-22(25-15)27-10-9-23-21(27)29/h3-8,11,13H,2,9-10,12H2,1H3,(H,23,29)(H,24,28). The quantitative estimate of drug-likeness (QED) is 0.514. The number of thiazole rings is 1. The van der Waals surface area contributed by atoms with E-state index in [-0.39, 0.29) is 18.4 Å². The fourth-order valence-corrected chi connectivity index (χ4v) is 4.85. The van der Waals surface area contributed by atoms with Gasteiger partial charge in [0.05, 0.1) is 12.1 Å². The second kappa shape index (κ2) is 7.46. The molecule has 3 amide bonds. The van der Waals surface area contributed by atoms with Crippen LogP contribution in [-0.4, -0.2) is 34.6 Å². The van der Waals surface area contributed by atoms with E-state index in [2.05, 4.69) is 45.3 Å². The molecule has 0 atom stereocenters. The number of para-hydroxylation sites is 1. The largest absolute Gasteiger partial charge is 0.341 e. The van der Waals surface area contributed by atoms with Gasteiger partial charge >= 0.3 is 6.03 Å². The number of amides is 3. The maximum atomic E-state index is 12.6. The lowest BCUT2D eigenvalue weighted by Gasteiger charge is -2.08. The van der Waals surface area contributed by atoms with Crippen molar-refractivity contribution < 1.29 is 9.59 Å². The number of aryl methyl sites for hydroxylation is 1. The van der Waals surface area contributed by atoms with Gasteiger partial charge in [0.2, 0.25) is 5.91 Å². The van der Waals surface area contributed by atoms with E-state index >= 15 is 0 Å². The first kappa shape index (κ1) is 18.6. The van der Waals surface area contributed by atoms with Gasteiger partial charge in [-0.3, -0.25) is 9.69 Å². The highest BCUT2D eigenvalue weighted by Gasteiger charge is 2.24. The summed E-state index contributed by atoms with van der Waals surface area (Å²) in [5.74, 6) is -0.128. The van der Waals surface area contributed by atoms with Crippen molar-refractivity contribution in [1.29, 1.82) is 0 Å². The average molecular weight is 420 g/mol. The number of hydrogen-bond acceptors (Lipinski definition) is 4. The molecule has 2 N–H and O–H groups in total. The Bertz CT molecular complexity index is 1280. The maximum absolute atomic E-state index is 12.6. The van der Waals surface area contributed by atoms with Crippen molar-refractivity contribution in [3.8, 4) is 0 Å². The van der Waals surface area contributed by atoms with Gasteiger partial charge < -0.3 is 15.2 Å². The molecule has 1 aliphatic heterocycles. The van der Waals surface area contributed by atoms with Gasteiger partial charge in [0.25, 0.3) is 0 Å². The smallest absolute Gasteiger partial charge is 0.323 e. The van der Waals surface area contributed by atoms with Crippen molar-refractivity contribution in [3.05, 3.63) is 53.5 Å². The van der Waals surface area contributed by atoms with Crippen molar-refractivity contribution in [2.24, 2.45) is 0 Å². The van der Waals surface area contributed by atoms with E-state index in [1.54, 1.807) is 4.90 Å². The van der Waals surface area contributed by atoms with Crippen LogP contribution in [0.4, 0.5) is 15.6 Å². The summed E-state index contributed by atoms with van der Waals surface area (Å²) < 4.78 is 2.28. The number of carbonyl (C=O) groups is 2. The molecule has 8 heteroatoms. The molecule has 30 heavy (non-hydrogen) atoms. The van der Waals surface area contributed by atoms with E-state index in [0.717, 1.165) is 23.1 Å². The summed E-state index contributed by atoms with van der Waals surface area (Å²) in [7, 11) is 0. The summed E-state index contributed by atoms with van der Waals surface area (Å²) >= 11 is 1.38. The van der Waals surface area contributed by atoms with Gasteiger partial charge in [-0.15, -0.1) is 11.3 Å². The first-order valence-corrected chi connectivity index (χ1v) is 10.8. The molecule has 1 aliphatic rings. The highest BCUT2D eigenvalue weighted by Crippen LogP contribution is 2.31. The van der Waals surface area contributed by atoms with E-state index in [4.69, 9.17) is 0 Å². The minimum atomic E-state index is -0.139. The summed E-state index contributed by atoms with van der Waals surface area (Å²) in [5.41, 5.74) is 3.78. The van der Waals surface area contributed by atoms with E-state index in [9.17, 15) is 9.59 Å². The minimum absolute atomic E-state index is 0.128. The van der Waals surface area contributed by atoms with Crippen molar-refractivity contribution in [2.75, 3.05) is 23.3 Å². The number of nitrogens with zero attached hydrogens (tertiary/aromatic N) is 3. The number of hydrogen-bond donors (Lipinski definition) is 2. The maximum Gasteiger partial charge on any atom is 0.323 e. The monoisotopic (exact) mass is 419 g/mol. The third-order valence-corrected chi connectivity index (χ3v) is 6.25. The van der Waals surface area contributed by atoms with Gasteiger partial charge in [0, 0.05) is 52.5 Å². The summed E-state index contributed by atoms with van der Waals surface area (Å²) in [6.45, 7) is 4.24. The van der Waals surface area contributed by atoms with E-state index in [0.29, 0.717) is 23.9 Å². The first-order chi connectivity index (χ1) is 14.6. The molecule has 0 aliphatic carbocycles. The van der Waals surface area contributed by atoms with Crippen molar-refractivity contribution in [3.63, 3.8) is 0 Å². The lowest BCUT2D eigenvalue weighted by Crippen LogP contribution is -2.27. The van der Waals surface area contributed by atoms with Crippen molar-refractivity contribution in [1.82, 2.24) is 14.9 Å². The Morgan fingerprint density at radius 2 is 2.03 bits per heavy atom. The highest BCUT2D eigenvalue weighted by molar-refractivity contribution is 7.14. The van der Waals surface area contributed by atoms with Crippen LogP contribution in [0, 0.1) is 0 Å². The molecular weight excluding hydrogens is 398 g/mol. The number of urea groups is 1. The zero-order valence-corrected chi connectivity index (χ0v) is 17.3. The van der Waals surface area contributed by atoms with Crippen LogP contribution in [0.1, 0.15) is 12.6 Å². The van der Waals surface area contributed by atoms with E-state index in [1.165, 1.54) is 22.2 Å². The van der Waals surface area contributed by atoms with Crippen LogP contribution < -0.4 is 15.5 Å². The molecule has 7 nitrogen and oxygen atoms in total. The predicted octanol–water partition coefficient (Wildman–Crippen LogP) is 3.98. The molecule has 0 unspecified atom stereocenters. The fourth-order valence-electron chi connectivity index (χ4n) is 4.00. The summed E-state index contributed by atoms with van der Waals surface area (Å²) in [4.78, 5) is 30.4. The van der Waals surface area contributed by atoms with Gasteiger partial charge in [-0.2, -0.15) is 0 Å². The zero-order chi connectivity index (χ0) is 20.7. The van der Waals surface area contributed by atoms with E-state index < -0.39 is 0 Å². The van der Waals surface area contributed by atoms with Crippen molar-refractivity contribution in [2.45, 2.75) is 19.9 Å². The zero-order valence-electron chi connectivity index (χ0n) is 16.5. The number of nitrogens with one attached hydrogen (secondary N) is 2. The molecule has 5 rings (SSSR count). The molecule has 0 radical (unpaired) electrons. The highest BCUT2D eigenvalue weighted by atomic mass is 32.1. The van der Waals surface area contributed by atoms with Gasteiger partial charge in [0.15, 0.2) is 5.13 Å². The fraction of sp³-hybridized carbons (Fsp3) is 0.227. The molecule has 0 saturated carbocycles. The Hall–Kier alpha value is -3.39. The second-order valence-corrected chi connectivity index (χ2v) is 8.06. The normalized spacial score (nSPS) is 13.9. The Balaban J connectivity index is 1.35. The van der Waals surface area contributed by atoms with Gasteiger partial charge in [0.1, 0.15) is 0 Å². The number of fused-ring (bicyclic) bond motifs is 3. The molecule has 3 heterocycles. The summed E-state index contributed by atoms with van der Waals surface area (Å²) in [6, 6.07) is 14.2. The van der Waals surface area contributed by atoms with Crippen LogP contribution in [-0.2, 0) is 17.8 Å². The molecule has 4 aromatic rings. The van der Waals surface area contributed by atoms with Crippen molar-refractivity contribution >= 4 is 55.9 Å². The van der Waals surface area contributed by atoms with Gasteiger partial charge in [-0.05, 0) is 31.2 Å². The topological polar surface area (TPSA) is 79.3 Å². The molecule has 1 saturated heterocycles. The number of anilines is 2.